The first-order valence-corrected chi connectivity index (χ1v) is 11.8. The Bertz CT molecular complexity index is 1260. The number of para-hydroxylation sites is 1. The van der Waals surface area contributed by atoms with Crippen LogP contribution in [0.15, 0.2) is 93.6 Å². The summed E-state index contributed by atoms with van der Waals surface area (Å²) in [5.74, 6) is 2.11. The number of carbonyl (C=O) groups is 1. The molecule has 4 aromatic rings. The molecular weight excluding hydrogens is 502 g/mol. The van der Waals surface area contributed by atoms with Gasteiger partial charge in [-0.15, -0.1) is 10.2 Å². The summed E-state index contributed by atoms with van der Waals surface area (Å²) in [5.41, 5.74) is 4.30. The number of rotatable bonds is 8. The molecule has 0 aliphatic carbocycles. The number of nitrogens with one attached hydrogen (secondary N) is 1. The van der Waals surface area contributed by atoms with E-state index in [2.05, 4.69) is 36.7 Å². The van der Waals surface area contributed by atoms with E-state index in [1.54, 1.807) is 6.21 Å². The summed E-state index contributed by atoms with van der Waals surface area (Å²) in [7, 11) is 1.88. The molecule has 0 unspecified atom stereocenters. The Morgan fingerprint density at radius 1 is 1.06 bits per heavy atom. The number of halogens is 1. The second kappa shape index (κ2) is 10.9. The molecule has 0 bridgehead atoms. The number of benzene rings is 3. The van der Waals surface area contributed by atoms with Crippen molar-refractivity contribution < 1.29 is 9.53 Å². The van der Waals surface area contributed by atoms with Gasteiger partial charge in [0.05, 0.1) is 12.0 Å². The van der Waals surface area contributed by atoms with Gasteiger partial charge in [0.25, 0.3) is 5.91 Å². The number of ether oxygens (including phenoxy) is 1. The molecular formula is C24H20BrN5O2S. The monoisotopic (exact) mass is 521 g/mol. The van der Waals surface area contributed by atoms with Gasteiger partial charge in [0.15, 0.2) is 11.0 Å². The van der Waals surface area contributed by atoms with Crippen LogP contribution in [0.5, 0.6) is 11.5 Å². The van der Waals surface area contributed by atoms with E-state index < -0.39 is 0 Å². The van der Waals surface area contributed by atoms with Crippen molar-refractivity contribution in [1.29, 1.82) is 0 Å². The average molecular weight is 522 g/mol. The lowest BCUT2D eigenvalue weighted by Crippen LogP contribution is -2.19. The van der Waals surface area contributed by atoms with E-state index in [0.29, 0.717) is 10.9 Å². The van der Waals surface area contributed by atoms with Crippen LogP contribution in [-0.2, 0) is 11.8 Å². The van der Waals surface area contributed by atoms with E-state index in [1.807, 2.05) is 90.5 Å². The van der Waals surface area contributed by atoms with Gasteiger partial charge in [-0.3, -0.25) is 4.79 Å². The molecule has 0 saturated heterocycles. The molecule has 0 aliphatic rings. The van der Waals surface area contributed by atoms with Crippen LogP contribution in [-0.4, -0.2) is 32.6 Å². The molecule has 1 amide bonds. The van der Waals surface area contributed by atoms with Crippen LogP contribution in [0.25, 0.3) is 11.4 Å². The van der Waals surface area contributed by atoms with Crippen molar-refractivity contribution in [3.05, 3.63) is 88.9 Å². The van der Waals surface area contributed by atoms with Gasteiger partial charge in [-0.05, 0) is 42.0 Å². The highest BCUT2D eigenvalue weighted by Crippen LogP contribution is 2.24. The smallest absolute Gasteiger partial charge is 0.250 e. The molecule has 4 rings (SSSR count). The van der Waals surface area contributed by atoms with E-state index in [4.69, 9.17) is 4.74 Å². The third-order valence-corrected chi connectivity index (χ3v) is 6.06. The Kier molecular flexibility index (Phi) is 7.54. The lowest BCUT2D eigenvalue weighted by atomic mass is 10.2. The summed E-state index contributed by atoms with van der Waals surface area (Å²) < 4.78 is 8.67. The minimum absolute atomic E-state index is 0.167. The summed E-state index contributed by atoms with van der Waals surface area (Å²) >= 11 is 4.72. The fraction of sp³-hybridized carbons (Fsp3) is 0.0833. The molecule has 0 aliphatic heterocycles. The molecule has 33 heavy (non-hydrogen) atoms. The topological polar surface area (TPSA) is 81.4 Å². The van der Waals surface area contributed by atoms with Crippen LogP contribution >= 0.6 is 27.7 Å². The van der Waals surface area contributed by atoms with Crippen LogP contribution in [0.3, 0.4) is 0 Å². The highest BCUT2D eigenvalue weighted by molar-refractivity contribution is 9.10. The van der Waals surface area contributed by atoms with Crippen molar-refractivity contribution in [2.75, 3.05) is 5.75 Å². The maximum Gasteiger partial charge on any atom is 0.250 e. The first-order valence-electron chi connectivity index (χ1n) is 10.0. The number of amides is 1. The summed E-state index contributed by atoms with van der Waals surface area (Å²) in [4.78, 5) is 12.2. The van der Waals surface area contributed by atoms with E-state index in [1.165, 1.54) is 11.8 Å². The van der Waals surface area contributed by atoms with Gasteiger partial charge in [-0.2, -0.15) is 5.10 Å². The third kappa shape index (κ3) is 6.30. The van der Waals surface area contributed by atoms with Crippen LogP contribution in [0.2, 0.25) is 0 Å². The predicted octanol–water partition coefficient (Wildman–Crippen LogP) is 5.28. The second-order valence-electron chi connectivity index (χ2n) is 6.94. The maximum atomic E-state index is 12.2. The zero-order chi connectivity index (χ0) is 23.0. The standard InChI is InChI=1S/C24H20BrN5O2S/c1-30-23(18-10-12-19(25)13-11-18)28-29-24(30)33-16-22(31)27-26-15-17-6-5-9-21(14-17)32-20-7-3-2-4-8-20/h2-15H,16H2,1H3,(H,27,31). The molecule has 0 atom stereocenters. The Morgan fingerprint density at radius 3 is 2.61 bits per heavy atom. The first-order chi connectivity index (χ1) is 16.1. The Morgan fingerprint density at radius 2 is 1.82 bits per heavy atom. The molecule has 0 fully saturated rings. The molecule has 9 heteroatoms. The number of hydrogen-bond donors (Lipinski definition) is 1. The number of nitrogens with zero attached hydrogens (tertiary/aromatic N) is 4. The number of hydrogen-bond acceptors (Lipinski definition) is 6. The van der Waals surface area contributed by atoms with Gasteiger partial charge in [0.1, 0.15) is 11.5 Å². The molecule has 0 radical (unpaired) electrons. The summed E-state index contributed by atoms with van der Waals surface area (Å²) in [6, 6.07) is 24.8. The third-order valence-electron chi connectivity index (χ3n) is 4.51. The fourth-order valence-electron chi connectivity index (χ4n) is 2.92. The number of thioether (sulfide) groups is 1. The first kappa shape index (κ1) is 22.8. The van der Waals surface area contributed by atoms with Gasteiger partial charge >= 0.3 is 0 Å². The van der Waals surface area contributed by atoms with Crippen molar-refractivity contribution in [2.45, 2.75) is 5.16 Å². The lowest BCUT2D eigenvalue weighted by molar-refractivity contribution is -0.118. The number of hydrazone groups is 1. The van der Waals surface area contributed by atoms with Crippen molar-refractivity contribution >= 4 is 39.8 Å². The van der Waals surface area contributed by atoms with Gasteiger partial charge < -0.3 is 9.30 Å². The average Bonchev–Trinajstić information content (AvgIpc) is 3.19. The summed E-state index contributed by atoms with van der Waals surface area (Å²) in [5, 5.41) is 13.1. The minimum atomic E-state index is -0.235. The SMILES string of the molecule is Cn1c(SCC(=O)NN=Cc2cccc(Oc3ccccc3)c2)nnc1-c1ccc(Br)cc1. The lowest BCUT2D eigenvalue weighted by Gasteiger charge is -2.06. The largest absolute Gasteiger partial charge is 0.457 e. The molecule has 166 valence electrons. The van der Waals surface area contributed by atoms with Gasteiger partial charge in [-0.25, -0.2) is 5.43 Å². The maximum absolute atomic E-state index is 12.2. The van der Waals surface area contributed by atoms with Gasteiger partial charge in [-0.1, -0.05) is 70.2 Å². The van der Waals surface area contributed by atoms with Gasteiger partial charge in [0, 0.05) is 17.1 Å². The van der Waals surface area contributed by atoms with Crippen LogP contribution in [0, 0.1) is 0 Å². The molecule has 1 heterocycles. The van der Waals surface area contributed by atoms with Crippen LogP contribution < -0.4 is 10.2 Å². The second-order valence-corrected chi connectivity index (χ2v) is 8.80. The normalized spacial score (nSPS) is 11.0. The van der Waals surface area contributed by atoms with Crippen molar-refractivity contribution in [2.24, 2.45) is 12.1 Å². The molecule has 0 saturated carbocycles. The highest BCUT2D eigenvalue weighted by Gasteiger charge is 2.12. The molecule has 7 nitrogen and oxygen atoms in total. The molecule has 1 N–H and O–H groups in total. The summed E-state index contributed by atoms with van der Waals surface area (Å²) in [6.45, 7) is 0. The van der Waals surface area contributed by atoms with E-state index in [0.717, 1.165) is 27.2 Å². The Labute approximate surface area is 204 Å². The Balaban J connectivity index is 1.29. The van der Waals surface area contributed by atoms with Crippen molar-refractivity contribution in [1.82, 2.24) is 20.2 Å². The van der Waals surface area contributed by atoms with Crippen LogP contribution in [0.4, 0.5) is 0 Å². The van der Waals surface area contributed by atoms with E-state index in [-0.39, 0.29) is 11.7 Å². The number of carbonyl (C=O) groups excluding carboxylic acids is 1. The predicted molar refractivity (Wildman–Crippen MR) is 134 cm³/mol. The highest BCUT2D eigenvalue weighted by atomic mass is 79.9. The van der Waals surface area contributed by atoms with E-state index >= 15 is 0 Å². The fourth-order valence-corrected chi connectivity index (χ4v) is 3.88. The zero-order valence-electron chi connectivity index (χ0n) is 17.7. The zero-order valence-corrected chi connectivity index (χ0v) is 20.1. The van der Waals surface area contributed by atoms with Crippen LogP contribution in [0.1, 0.15) is 5.56 Å². The Hall–Kier alpha value is -3.43. The molecule has 0 spiro atoms. The molecule has 1 aromatic heterocycles. The minimum Gasteiger partial charge on any atom is -0.457 e. The van der Waals surface area contributed by atoms with Crippen molar-refractivity contribution in [3.63, 3.8) is 0 Å². The molecule has 3 aromatic carbocycles. The van der Waals surface area contributed by atoms with E-state index in [9.17, 15) is 4.79 Å². The summed E-state index contributed by atoms with van der Waals surface area (Å²) in [6.07, 6.45) is 1.58. The quantitative estimate of drug-likeness (QED) is 0.194. The number of aromatic nitrogens is 3. The van der Waals surface area contributed by atoms with Crippen molar-refractivity contribution in [3.8, 4) is 22.9 Å². The van der Waals surface area contributed by atoms with Gasteiger partial charge in [0.2, 0.25) is 0 Å².